The third-order valence-electron chi connectivity index (χ3n) is 6.42. The first-order chi connectivity index (χ1) is 18.8. The van der Waals surface area contributed by atoms with Gasteiger partial charge in [0, 0.05) is 12.5 Å². The molecule has 4 nitrogen and oxygen atoms in total. The highest BCUT2D eigenvalue weighted by Crippen LogP contribution is 2.40. The molecule has 0 aliphatic carbocycles. The lowest BCUT2D eigenvalue weighted by Gasteiger charge is -2.37. The van der Waals surface area contributed by atoms with Gasteiger partial charge in [-0.2, -0.15) is 31.1 Å². The molecule has 4 rings (SSSR count). The molecular weight excluding hydrogens is 534 g/mol. The quantitative estimate of drug-likeness (QED) is 0.0844. The summed E-state index contributed by atoms with van der Waals surface area (Å²) >= 11 is 0. The molecule has 0 heterocycles. The largest absolute Gasteiger partial charge is 0.619 e. The zero-order valence-electron chi connectivity index (χ0n) is 20.8. The Hall–Kier alpha value is -4.60. The zero-order chi connectivity index (χ0) is 29.1. The maximum atomic E-state index is 13.8. The Kier molecular flexibility index (Phi) is 7.72. The van der Waals surface area contributed by atoms with Crippen LogP contribution >= 0.6 is 0 Å². The molecule has 0 aliphatic heterocycles. The Bertz CT molecular complexity index is 1470. The fraction of sp³-hybridized carbons (Fsp3) is 0.133. The van der Waals surface area contributed by atoms with Crippen molar-refractivity contribution in [2.75, 3.05) is 0 Å². The van der Waals surface area contributed by atoms with E-state index in [2.05, 4.69) is 12.0 Å². The molecule has 0 radical (unpaired) electrons. The molecule has 10 heteroatoms. The highest BCUT2D eigenvalue weighted by molar-refractivity contribution is 5.99. The van der Waals surface area contributed by atoms with Crippen LogP contribution in [-0.2, 0) is 24.3 Å². The Morgan fingerprint density at radius 2 is 1.18 bits per heavy atom. The van der Waals surface area contributed by atoms with E-state index in [0.29, 0.717) is 5.56 Å². The first-order valence-corrected chi connectivity index (χ1v) is 11.9. The lowest BCUT2D eigenvalue weighted by molar-refractivity contribution is -0.350. The molecule has 0 aromatic heterocycles. The standard InChI is InChI=1S/C30H22F6N2O2/c1-38(40)26-16-6-5-15-25(26)27(39)37-28(19-20-9-3-2-4-10-20,21-11-7-13-23(17-21)29(31,32)33)22-12-8-14-24(18-22)30(34,35)36/h2-18H,1,19H2,(H,37,39). The van der Waals surface area contributed by atoms with E-state index < -0.39 is 34.9 Å². The summed E-state index contributed by atoms with van der Waals surface area (Å²) in [4.78, 5) is 13.7. The Morgan fingerprint density at radius 1 is 0.700 bits per heavy atom. The first-order valence-electron chi connectivity index (χ1n) is 11.9. The van der Waals surface area contributed by atoms with Gasteiger partial charge in [-0.05, 0) is 47.0 Å². The zero-order valence-corrected chi connectivity index (χ0v) is 20.8. The number of para-hydroxylation sites is 1. The molecule has 1 N–H and O–H groups in total. The van der Waals surface area contributed by atoms with Gasteiger partial charge in [0.05, 0.1) is 16.7 Å². The number of amides is 1. The second kappa shape index (κ2) is 10.9. The number of hydrogen-bond acceptors (Lipinski definition) is 2. The molecule has 0 spiro atoms. The summed E-state index contributed by atoms with van der Waals surface area (Å²) in [7, 11) is 0. The van der Waals surface area contributed by atoms with Crippen molar-refractivity contribution in [3.05, 3.63) is 142 Å². The average Bonchev–Trinajstić information content (AvgIpc) is 2.92. The van der Waals surface area contributed by atoms with Gasteiger partial charge in [-0.15, -0.1) is 0 Å². The van der Waals surface area contributed by atoms with Crippen molar-refractivity contribution >= 4 is 18.3 Å². The topological polar surface area (TPSA) is 55.2 Å². The van der Waals surface area contributed by atoms with Gasteiger partial charge in [-0.25, -0.2) is 0 Å². The van der Waals surface area contributed by atoms with Crippen molar-refractivity contribution in [2.45, 2.75) is 24.3 Å². The van der Waals surface area contributed by atoms with E-state index >= 15 is 0 Å². The second-order valence-electron chi connectivity index (χ2n) is 9.07. The van der Waals surface area contributed by atoms with Crippen molar-refractivity contribution in [3.8, 4) is 0 Å². The van der Waals surface area contributed by atoms with E-state index in [-0.39, 0.29) is 33.5 Å². The molecule has 1 amide bonds. The van der Waals surface area contributed by atoms with Gasteiger partial charge in [0.2, 0.25) is 5.69 Å². The van der Waals surface area contributed by atoms with Crippen LogP contribution in [0.2, 0.25) is 0 Å². The lowest BCUT2D eigenvalue weighted by Crippen LogP contribution is -2.49. The number of nitrogens with one attached hydrogen (secondary N) is 1. The third-order valence-corrected chi connectivity index (χ3v) is 6.42. The van der Waals surface area contributed by atoms with Gasteiger partial charge in [0.1, 0.15) is 12.3 Å². The van der Waals surface area contributed by atoms with Gasteiger partial charge >= 0.3 is 12.4 Å². The van der Waals surface area contributed by atoms with Gasteiger partial charge < -0.3 is 10.5 Å². The number of carbonyl (C=O) groups is 1. The molecule has 0 bridgehead atoms. The highest BCUT2D eigenvalue weighted by atomic mass is 19.4. The summed E-state index contributed by atoms with van der Waals surface area (Å²) in [5, 5.41) is 14.8. The van der Waals surface area contributed by atoms with Crippen molar-refractivity contribution in [1.29, 1.82) is 0 Å². The van der Waals surface area contributed by atoms with Crippen LogP contribution in [0.15, 0.2) is 103 Å². The van der Waals surface area contributed by atoms with Gasteiger partial charge in [0.15, 0.2) is 0 Å². The van der Waals surface area contributed by atoms with E-state index in [1.807, 2.05) is 0 Å². The molecule has 0 fully saturated rings. The summed E-state index contributed by atoms with van der Waals surface area (Å²) in [6.07, 6.45) is -9.75. The summed E-state index contributed by atoms with van der Waals surface area (Å²) < 4.78 is 82.9. The molecule has 40 heavy (non-hydrogen) atoms. The van der Waals surface area contributed by atoms with Crippen LogP contribution in [0.25, 0.3) is 0 Å². The molecule has 4 aromatic carbocycles. The van der Waals surface area contributed by atoms with Crippen molar-refractivity contribution in [3.63, 3.8) is 0 Å². The van der Waals surface area contributed by atoms with Gasteiger partial charge in [-0.1, -0.05) is 66.7 Å². The van der Waals surface area contributed by atoms with Crippen molar-refractivity contribution in [1.82, 2.24) is 5.32 Å². The maximum Gasteiger partial charge on any atom is 0.416 e. The molecular formula is C30H22F6N2O2. The molecule has 0 unspecified atom stereocenters. The monoisotopic (exact) mass is 556 g/mol. The molecule has 206 valence electrons. The predicted octanol–water partition coefficient (Wildman–Crippen LogP) is 7.48. The van der Waals surface area contributed by atoms with E-state index in [1.54, 1.807) is 30.3 Å². The minimum Gasteiger partial charge on any atom is -0.619 e. The lowest BCUT2D eigenvalue weighted by atomic mass is 9.76. The third kappa shape index (κ3) is 6.01. The number of hydrogen-bond donors (Lipinski definition) is 1. The molecule has 0 saturated carbocycles. The molecule has 0 atom stereocenters. The minimum atomic E-state index is -4.77. The number of alkyl halides is 6. The number of halogens is 6. The average molecular weight is 557 g/mol. The number of carbonyl (C=O) groups excluding carboxylic acids is 1. The number of nitrogens with zero attached hydrogens (tertiary/aromatic N) is 1. The maximum absolute atomic E-state index is 13.8. The SMILES string of the molecule is C=[N+]([O-])c1ccccc1C(=O)NC(Cc1ccccc1)(c1cccc(C(F)(F)F)c1)c1cccc(C(F)(F)F)c1. The Balaban J connectivity index is 2.03. The van der Waals surface area contributed by atoms with Crippen molar-refractivity contribution < 1.29 is 35.9 Å². The van der Waals surface area contributed by atoms with Gasteiger partial charge in [-0.3, -0.25) is 4.79 Å². The van der Waals surface area contributed by atoms with Crippen LogP contribution in [0.5, 0.6) is 0 Å². The van der Waals surface area contributed by atoms with Crippen LogP contribution in [0.1, 0.15) is 38.2 Å². The summed E-state index contributed by atoms with van der Waals surface area (Å²) in [5.41, 5.74) is -4.02. The summed E-state index contributed by atoms with van der Waals surface area (Å²) in [6.45, 7) is 3.26. The molecule has 0 aliphatic rings. The fourth-order valence-electron chi connectivity index (χ4n) is 4.53. The normalized spacial score (nSPS) is 12.2. The number of rotatable bonds is 7. The van der Waals surface area contributed by atoms with Crippen LogP contribution in [0.4, 0.5) is 32.0 Å². The second-order valence-corrected chi connectivity index (χ2v) is 9.07. The van der Waals surface area contributed by atoms with E-state index in [0.717, 1.165) is 36.4 Å². The van der Waals surface area contributed by atoms with Crippen molar-refractivity contribution in [2.24, 2.45) is 0 Å². The molecule has 0 saturated heterocycles. The van der Waals surface area contributed by atoms with Crippen LogP contribution < -0.4 is 5.32 Å². The number of benzene rings is 4. The van der Waals surface area contributed by atoms with E-state index in [4.69, 9.17) is 0 Å². The predicted molar refractivity (Wildman–Crippen MR) is 138 cm³/mol. The van der Waals surface area contributed by atoms with Crippen LogP contribution in [0, 0.1) is 5.21 Å². The Morgan fingerprint density at radius 3 is 1.68 bits per heavy atom. The summed E-state index contributed by atoms with van der Waals surface area (Å²) in [6, 6.07) is 22.0. The summed E-state index contributed by atoms with van der Waals surface area (Å²) in [5.74, 6) is -0.897. The smallest absolute Gasteiger partial charge is 0.416 e. The van der Waals surface area contributed by atoms with Crippen LogP contribution in [0.3, 0.4) is 0 Å². The van der Waals surface area contributed by atoms with Crippen LogP contribution in [-0.4, -0.2) is 17.4 Å². The van der Waals surface area contributed by atoms with E-state index in [1.165, 1.54) is 36.4 Å². The van der Waals surface area contributed by atoms with Gasteiger partial charge in [0.25, 0.3) is 5.91 Å². The Labute approximate surface area is 225 Å². The fourth-order valence-corrected chi connectivity index (χ4v) is 4.53. The minimum absolute atomic E-state index is 0.107. The highest BCUT2D eigenvalue weighted by Gasteiger charge is 2.41. The first kappa shape index (κ1) is 28.4. The molecule has 4 aromatic rings. The van der Waals surface area contributed by atoms with E-state index in [9.17, 15) is 36.3 Å².